The molecule has 1 unspecified atom stereocenters. The largest absolute Gasteiger partial charge is 0.462 e. The molecule has 1 N–H and O–H groups in total. The van der Waals surface area contributed by atoms with Gasteiger partial charge in [0.05, 0.1) is 6.61 Å². The minimum atomic E-state index is -0.765. The third-order valence-corrected chi connectivity index (χ3v) is 12.4. The molecule has 0 amide bonds. The van der Waals surface area contributed by atoms with Crippen LogP contribution in [0, 0.1) is 0 Å². The van der Waals surface area contributed by atoms with Crippen LogP contribution >= 0.6 is 0 Å². The molecule has 0 rings (SSSR count). The van der Waals surface area contributed by atoms with Gasteiger partial charge in [-0.15, -0.1) is 0 Å². The zero-order valence-corrected chi connectivity index (χ0v) is 41.6. The van der Waals surface area contributed by atoms with Crippen LogP contribution in [0.3, 0.4) is 0 Å². The minimum absolute atomic E-state index is 0.0598. The molecule has 1 atom stereocenters. The maximum atomic E-state index is 12.2. The highest BCUT2D eigenvalue weighted by Gasteiger charge is 2.16. The molecule has 0 heterocycles. The topological polar surface area (TPSA) is 72.8 Å². The third kappa shape index (κ3) is 50.8. The van der Waals surface area contributed by atoms with Crippen LogP contribution in [-0.2, 0) is 19.1 Å². The van der Waals surface area contributed by atoms with Crippen LogP contribution in [0.2, 0.25) is 0 Å². The number of aliphatic hydroxyl groups excluding tert-OH is 1. The summed E-state index contributed by atoms with van der Waals surface area (Å²) in [5, 5.41) is 9.58. The van der Waals surface area contributed by atoms with E-state index in [1.165, 1.54) is 218 Å². The molecule has 0 radical (unpaired) electrons. The van der Waals surface area contributed by atoms with E-state index in [-0.39, 0.29) is 25.2 Å². The summed E-state index contributed by atoms with van der Waals surface area (Å²) in [6.07, 6.45) is 68.6. The highest BCUT2D eigenvalue weighted by Crippen LogP contribution is 2.17. The Bertz CT molecular complexity index is 986. The Hall–Kier alpha value is -1.88. The Kier molecular flexibility index (Phi) is 51.8. The van der Waals surface area contributed by atoms with Crippen molar-refractivity contribution in [3.8, 4) is 0 Å². The van der Waals surface area contributed by atoms with Crippen molar-refractivity contribution in [1.82, 2.24) is 0 Å². The van der Waals surface area contributed by atoms with Crippen LogP contribution in [0.5, 0.6) is 0 Å². The van der Waals surface area contributed by atoms with Gasteiger partial charge >= 0.3 is 11.9 Å². The summed E-state index contributed by atoms with van der Waals surface area (Å²) in [4.78, 5) is 24.3. The van der Waals surface area contributed by atoms with Crippen molar-refractivity contribution in [2.75, 3.05) is 13.2 Å². The monoisotopic (exact) mass is 871 g/mol. The molecule has 0 bridgehead atoms. The molecule has 5 heteroatoms. The Morgan fingerprint density at radius 2 is 0.645 bits per heavy atom. The number of unbranched alkanes of at least 4 members (excludes halogenated alkanes) is 37. The lowest BCUT2D eigenvalue weighted by Gasteiger charge is -2.15. The summed E-state index contributed by atoms with van der Waals surface area (Å²) in [7, 11) is 0. The molecular formula is C57H106O5. The minimum Gasteiger partial charge on any atom is -0.462 e. The highest BCUT2D eigenvalue weighted by atomic mass is 16.6. The molecule has 0 aromatic heterocycles. The van der Waals surface area contributed by atoms with Gasteiger partial charge in [-0.25, -0.2) is 0 Å². The molecule has 0 spiro atoms. The fourth-order valence-corrected chi connectivity index (χ4v) is 8.27. The number of aliphatic hydroxyl groups is 1. The second-order valence-electron chi connectivity index (χ2n) is 18.7. The first-order valence-corrected chi connectivity index (χ1v) is 27.5. The van der Waals surface area contributed by atoms with E-state index >= 15 is 0 Å². The predicted octanol–water partition coefficient (Wildman–Crippen LogP) is 18.3. The van der Waals surface area contributed by atoms with Crippen molar-refractivity contribution in [3.63, 3.8) is 0 Å². The fourth-order valence-electron chi connectivity index (χ4n) is 8.27. The average Bonchev–Trinajstić information content (AvgIpc) is 3.28. The summed E-state index contributed by atoms with van der Waals surface area (Å²) < 4.78 is 10.6. The highest BCUT2D eigenvalue weighted by molar-refractivity contribution is 5.70. The van der Waals surface area contributed by atoms with Crippen molar-refractivity contribution >= 4 is 11.9 Å². The van der Waals surface area contributed by atoms with E-state index < -0.39 is 6.10 Å². The summed E-state index contributed by atoms with van der Waals surface area (Å²) in [6, 6.07) is 0. The third-order valence-electron chi connectivity index (χ3n) is 12.4. The number of carbonyl (C=O) groups excluding carboxylic acids is 2. The van der Waals surface area contributed by atoms with E-state index in [1.54, 1.807) is 0 Å². The van der Waals surface area contributed by atoms with Crippen molar-refractivity contribution < 1.29 is 24.2 Å². The Balaban J connectivity index is 3.35. The van der Waals surface area contributed by atoms with Gasteiger partial charge in [-0.1, -0.05) is 269 Å². The zero-order valence-electron chi connectivity index (χ0n) is 41.6. The molecule has 62 heavy (non-hydrogen) atoms. The molecular weight excluding hydrogens is 765 g/mol. The van der Waals surface area contributed by atoms with E-state index in [1.807, 2.05) is 0 Å². The van der Waals surface area contributed by atoms with Gasteiger partial charge in [0.1, 0.15) is 6.61 Å². The maximum absolute atomic E-state index is 12.2. The Morgan fingerprint density at radius 3 is 0.968 bits per heavy atom. The van der Waals surface area contributed by atoms with Crippen LogP contribution in [0.15, 0.2) is 36.5 Å². The lowest BCUT2D eigenvalue weighted by Crippen LogP contribution is -2.28. The van der Waals surface area contributed by atoms with Crippen LogP contribution in [0.4, 0.5) is 0 Å². The van der Waals surface area contributed by atoms with Crippen LogP contribution < -0.4 is 0 Å². The van der Waals surface area contributed by atoms with Crippen molar-refractivity contribution in [2.45, 2.75) is 302 Å². The average molecular weight is 871 g/mol. The smallest absolute Gasteiger partial charge is 0.306 e. The van der Waals surface area contributed by atoms with E-state index in [4.69, 9.17) is 9.47 Å². The van der Waals surface area contributed by atoms with E-state index in [2.05, 4.69) is 50.3 Å². The van der Waals surface area contributed by atoms with E-state index in [0.717, 1.165) is 51.4 Å². The first-order chi connectivity index (χ1) is 30.6. The van der Waals surface area contributed by atoms with Crippen LogP contribution in [-0.4, -0.2) is 36.4 Å². The van der Waals surface area contributed by atoms with Gasteiger partial charge in [-0.05, 0) is 51.4 Å². The van der Waals surface area contributed by atoms with Gasteiger partial charge in [0.25, 0.3) is 0 Å². The van der Waals surface area contributed by atoms with Crippen molar-refractivity contribution in [2.24, 2.45) is 0 Å². The number of ether oxygens (including phenoxy) is 2. The normalized spacial score (nSPS) is 12.4. The quantitative estimate of drug-likeness (QED) is 0.0374. The molecule has 0 aliphatic rings. The molecule has 0 saturated heterocycles. The van der Waals surface area contributed by atoms with Crippen LogP contribution in [0.25, 0.3) is 0 Å². The molecule has 5 nitrogen and oxygen atoms in total. The van der Waals surface area contributed by atoms with Crippen LogP contribution in [0.1, 0.15) is 296 Å². The molecule has 0 aromatic carbocycles. The van der Waals surface area contributed by atoms with E-state index in [9.17, 15) is 14.7 Å². The number of allylic oxidation sites excluding steroid dienone is 6. The number of rotatable bonds is 51. The number of esters is 2. The van der Waals surface area contributed by atoms with E-state index in [0.29, 0.717) is 12.8 Å². The van der Waals surface area contributed by atoms with Gasteiger partial charge in [-0.2, -0.15) is 0 Å². The zero-order chi connectivity index (χ0) is 44.9. The van der Waals surface area contributed by atoms with Gasteiger partial charge in [0.2, 0.25) is 0 Å². The summed E-state index contributed by atoms with van der Waals surface area (Å²) in [5.41, 5.74) is 0. The summed E-state index contributed by atoms with van der Waals surface area (Å²) in [6.45, 7) is 4.13. The Labute approximate surface area is 386 Å². The number of hydrogen-bond acceptors (Lipinski definition) is 5. The fraction of sp³-hybridized carbons (Fsp3) is 0.860. The summed E-state index contributed by atoms with van der Waals surface area (Å²) in [5.74, 6) is -0.579. The van der Waals surface area contributed by atoms with Crippen molar-refractivity contribution in [1.29, 1.82) is 0 Å². The molecule has 0 aromatic rings. The first-order valence-electron chi connectivity index (χ1n) is 27.5. The number of carbonyl (C=O) groups is 2. The van der Waals surface area contributed by atoms with Gasteiger partial charge in [-0.3, -0.25) is 9.59 Å². The number of hydrogen-bond donors (Lipinski definition) is 1. The van der Waals surface area contributed by atoms with Gasteiger partial charge < -0.3 is 14.6 Å². The van der Waals surface area contributed by atoms with Crippen molar-refractivity contribution in [3.05, 3.63) is 36.5 Å². The molecule has 0 fully saturated rings. The first kappa shape index (κ1) is 60.1. The Morgan fingerprint density at radius 1 is 0.371 bits per heavy atom. The summed E-state index contributed by atoms with van der Waals surface area (Å²) >= 11 is 0. The molecule has 0 aliphatic carbocycles. The lowest BCUT2D eigenvalue weighted by molar-refractivity contribution is -0.161. The maximum Gasteiger partial charge on any atom is 0.306 e. The lowest BCUT2D eigenvalue weighted by atomic mass is 10.0. The SMILES string of the molecule is CCCCCCC/C=C\C/C=C\C/C=C\CCCCCCCCCCCCCCCCCCCCCCCCCCC(=O)OC(CO)COC(=O)CCCCCCCCCCC. The standard InChI is InChI=1S/C57H106O5/c1-3-5-7-9-11-13-14-15-16-17-18-19-20-21-22-23-24-25-26-27-28-29-30-31-32-33-34-35-36-37-38-39-40-41-42-44-46-48-50-52-57(60)62-55(53-58)54-61-56(59)51-49-47-45-43-12-10-8-6-4-2/h14-15,17-18,20-21,55,58H,3-13,16,19,22-54H2,1-2H3/b15-14-,18-17-,21-20-. The molecule has 0 aliphatic heterocycles. The molecule has 364 valence electrons. The second-order valence-corrected chi connectivity index (χ2v) is 18.7. The predicted molar refractivity (Wildman–Crippen MR) is 270 cm³/mol. The molecule has 0 saturated carbocycles. The second kappa shape index (κ2) is 53.5. The van der Waals surface area contributed by atoms with Gasteiger partial charge in [0, 0.05) is 12.8 Å². The van der Waals surface area contributed by atoms with Gasteiger partial charge in [0.15, 0.2) is 6.10 Å².